The van der Waals surface area contributed by atoms with Crippen LogP contribution in [0.1, 0.15) is 13.3 Å². The van der Waals surface area contributed by atoms with Crippen LogP contribution in [0.4, 0.5) is 0 Å². The van der Waals surface area contributed by atoms with Crippen LogP contribution < -0.4 is 0 Å². The number of hydrogen-bond donors (Lipinski definition) is 0. The third-order valence-corrected chi connectivity index (χ3v) is 2.59. The maximum Gasteiger partial charge on any atom is 0.152 e. The standard InChI is InChI=1S/C9H13NO/c1-7(11)4-9-6-10-3-2-8(9)5-10/h4,8H,2-3,5-6H2,1H3/b9-4+. The van der Waals surface area contributed by atoms with E-state index in [0.717, 1.165) is 6.54 Å². The van der Waals surface area contributed by atoms with Crippen molar-refractivity contribution < 1.29 is 4.79 Å². The van der Waals surface area contributed by atoms with Gasteiger partial charge in [0.1, 0.15) is 0 Å². The summed E-state index contributed by atoms with van der Waals surface area (Å²) >= 11 is 0. The van der Waals surface area contributed by atoms with Crippen LogP contribution in [0.3, 0.4) is 0 Å². The van der Waals surface area contributed by atoms with E-state index >= 15 is 0 Å². The van der Waals surface area contributed by atoms with Crippen molar-refractivity contribution in [1.29, 1.82) is 0 Å². The average molecular weight is 151 g/mol. The van der Waals surface area contributed by atoms with Crippen LogP contribution in [0.2, 0.25) is 0 Å². The van der Waals surface area contributed by atoms with Crippen molar-refractivity contribution in [3.8, 4) is 0 Å². The molecule has 2 saturated heterocycles. The summed E-state index contributed by atoms with van der Waals surface area (Å²) in [6, 6.07) is 0. The van der Waals surface area contributed by atoms with E-state index in [-0.39, 0.29) is 5.78 Å². The van der Waals surface area contributed by atoms with E-state index in [2.05, 4.69) is 4.90 Å². The molecular formula is C9H13NO. The Balaban J connectivity index is 2.13. The zero-order chi connectivity index (χ0) is 7.84. The van der Waals surface area contributed by atoms with Crippen molar-refractivity contribution in [2.45, 2.75) is 13.3 Å². The van der Waals surface area contributed by atoms with E-state index in [4.69, 9.17) is 0 Å². The van der Waals surface area contributed by atoms with Gasteiger partial charge in [-0.2, -0.15) is 0 Å². The molecule has 0 aromatic heterocycles. The van der Waals surface area contributed by atoms with Gasteiger partial charge < -0.3 is 0 Å². The predicted octanol–water partition coefficient (Wildman–Crippen LogP) is 0.837. The molecule has 60 valence electrons. The molecule has 2 aliphatic heterocycles. The summed E-state index contributed by atoms with van der Waals surface area (Å²) in [6.45, 7) is 5.11. The molecule has 2 heteroatoms. The Morgan fingerprint density at radius 2 is 2.55 bits per heavy atom. The number of nitrogens with zero attached hydrogens (tertiary/aromatic N) is 1. The molecule has 0 amide bonds. The quantitative estimate of drug-likeness (QED) is 0.517. The van der Waals surface area contributed by atoms with E-state index in [1.54, 1.807) is 6.92 Å². The summed E-state index contributed by atoms with van der Waals surface area (Å²) in [6.07, 6.45) is 3.09. The first-order chi connectivity index (χ1) is 5.25. The summed E-state index contributed by atoms with van der Waals surface area (Å²) in [5, 5.41) is 0. The molecule has 0 aromatic rings. The van der Waals surface area contributed by atoms with Crippen molar-refractivity contribution in [1.82, 2.24) is 4.90 Å². The Hall–Kier alpha value is -0.630. The average Bonchev–Trinajstić information content (AvgIpc) is 2.45. The molecule has 11 heavy (non-hydrogen) atoms. The minimum atomic E-state index is 0.203. The van der Waals surface area contributed by atoms with Gasteiger partial charge in [0.2, 0.25) is 0 Å². The molecule has 0 aliphatic carbocycles. The second-order valence-corrected chi connectivity index (χ2v) is 3.55. The second-order valence-electron chi connectivity index (χ2n) is 3.55. The maximum atomic E-state index is 10.8. The molecule has 2 rings (SSSR count). The monoisotopic (exact) mass is 151 g/mol. The molecule has 0 saturated carbocycles. The van der Waals surface area contributed by atoms with E-state index in [0.29, 0.717) is 5.92 Å². The van der Waals surface area contributed by atoms with Crippen LogP contribution in [0.5, 0.6) is 0 Å². The van der Waals surface area contributed by atoms with E-state index in [1.165, 1.54) is 25.1 Å². The summed E-state index contributed by atoms with van der Waals surface area (Å²) in [7, 11) is 0. The SMILES string of the molecule is CC(=O)/C=C1\CN2CCC1C2. The number of fused-ring (bicyclic) bond motifs is 2. The summed E-state index contributed by atoms with van der Waals surface area (Å²) < 4.78 is 0. The van der Waals surface area contributed by atoms with Gasteiger partial charge in [0.25, 0.3) is 0 Å². The molecule has 0 aromatic carbocycles. The van der Waals surface area contributed by atoms with Gasteiger partial charge in [-0.25, -0.2) is 0 Å². The number of ketones is 1. The fraction of sp³-hybridized carbons (Fsp3) is 0.667. The molecule has 2 unspecified atom stereocenters. The number of piperidine rings is 1. The van der Waals surface area contributed by atoms with Gasteiger partial charge in [0.05, 0.1) is 0 Å². The normalized spacial score (nSPS) is 38.5. The summed E-state index contributed by atoms with van der Waals surface area (Å²) in [5.74, 6) is 0.910. The Morgan fingerprint density at radius 1 is 1.73 bits per heavy atom. The molecule has 2 heterocycles. The van der Waals surface area contributed by atoms with E-state index in [1.807, 2.05) is 6.08 Å². The van der Waals surface area contributed by atoms with Crippen LogP contribution in [0.15, 0.2) is 11.6 Å². The van der Waals surface area contributed by atoms with Gasteiger partial charge in [-0.05, 0) is 37.5 Å². The Labute approximate surface area is 66.9 Å². The lowest BCUT2D eigenvalue weighted by molar-refractivity contribution is -0.112. The third kappa shape index (κ3) is 1.23. The van der Waals surface area contributed by atoms with Crippen molar-refractivity contribution in [2.24, 2.45) is 5.92 Å². The second kappa shape index (κ2) is 2.45. The van der Waals surface area contributed by atoms with Crippen molar-refractivity contribution in [2.75, 3.05) is 19.6 Å². The highest BCUT2D eigenvalue weighted by molar-refractivity contribution is 5.88. The van der Waals surface area contributed by atoms with Gasteiger partial charge in [-0.3, -0.25) is 9.69 Å². The Bertz CT molecular complexity index is 220. The van der Waals surface area contributed by atoms with Crippen molar-refractivity contribution in [3.63, 3.8) is 0 Å². The number of carbonyl (C=O) groups is 1. The van der Waals surface area contributed by atoms with Crippen molar-refractivity contribution in [3.05, 3.63) is 11.6 Å². The molecule has 2 nitrogen and oxygen atoms in total. The lowest BCUT2D eigenvalue weighted by atomic mass is 9.98. The molecule has 2 atom stereocenters. The van der Waals surface area contributed by atoms with Crippen LogP contribution >= 0.6 is 0 Å². The highest BCUT2D eigenvalue weighted by Crippen LogP contribution is 2.31. The first kappa shape index (κ1) is 7.04. The summed E-state index contributed by atoms with van der Waals surface area (Å²) in [5.41, 5.74) is 1.36. The van der Waals surface area contributed by atoms with E-state index < -0.39 is 0 Å². The molecule has 0 N–H and O–H groups in total. The topological polar surface area (TPSA) is 20.3 Å². The molecule has 2 fully saturated rings. The third-order valence-electron chi connectivity index (χ3n) is 2.59. The van der Waals surface area contributed by atoms with Gasteiger partial charge in [-0.1, -0.05) is 0 Å². The largest absolute Gasteiger partial charge is 0.299 e. The number of allylic oxidation sites excluding steroid dienone is 1. The first-order valence-corrected chi connectivity index (χ1v) is 4.19. The molecule has 2 bridgehead atoms. The van der Waals surface area contributed by atoms with Crippen LogP contribution in [0.25, 0.3) is 0 Å². The minimum Gasteiger partial charge on any atom is -0.299 e. The number of carbonyl (C=O) groups excluding carboxylic acids is 1. The van der Waals surface area contributed by atoms with E-state index in [9.17, 15) is 4.79 Å². The smallest absolute Gasteiger partial charge is 0.152 e. The molecule has 2 aliphatic rings. The van der Waals surface area contributed by atoms with Crippen LogP contribution in [-0.4, -0.2) is 30.3 Å². The highest BCUT2D eigenvalue weighted by atomic mass is 16.1. The number of hydrogen-bond acceptors (Lipinski definition) is 2. The van der Waals surface area contributed by atoms with Crippen LogP contribution in [-0.2, 0) is 4.79 Å². The molecular weight excluding hydrogens is 138 g/mol. The minimum absolute atomic E-state index is 0.203. The zero-order valence-corrected chi connectivity index (χ0v) is 6.84. The fourth-order valence-corrected chi connectivity index (χ4v) is 2.09. The lowest BCUT2D eigenvalue weighted by Gasteiger charge is -2.13. The van der Waals surface area contributed by atoms with Crippen LogP contribution in [0, 0.1) is 5.92 Å². The lowest BCUT2D eigenvalue weighted by Crippen LogP contribution is -2.18. The van der Waals surface area contributed by atoms with Gasteiger partial charge in [0, 0.05) is 13.1 Å². The van der Waals surface area contributed by atoms with Gasteiger partial charge in [-0.15, -0.1) is 0 Å². The van der Waals surface area contributed by atoms with Crippen molar-refractivity contribution >= 4 is 5.78 Å². The zero-order valence-electron chi connectivity index (χ0n) is 6.84. The first-order valence-electron chi connectivity index (χ1n) is 4.19. The van der Waals surface area contributed by atoms with Gasteiger partial charge >= 0.3 is 0 Å². The highest BCUT2D eigenvalue weighted by Gasteiger charge is 2.33. The fourth-order valence-electron chi connectivity index (χ4n) is 2.09. The number of rotatable bonds is 1. The summed E-state index contributed by atoms with van der Waals surface area (Å²) in [4.78, 5) is 13.2. The van der Waals surface area contributed by atoms with Gasteiger partial charge in [0.15, 0.2) is 5.78 Å². The molecule has 0 radical (unpaired) electrons. The Morgan fingerprint density at radius 3 is 3.00 bits per heavy atom. The molecule has 0 spiro atoms. The Kier molecular flexibility index (Phi) is 1.57. The predicted molar refractivity (Wildman–Crippen MR) is 43.3 cm³/mol. The maximum absolute atomic E-state index is 10.8.